The van der Waals surface area contributed by atoms with Crippen LogP contribution in [0.3, 0.4) is 0 Å². The monoisotopic (exact) mass is 478 g/mol. The second-order valence-corrected chi connectivity index (χ2v) is 9.35. The molecule has 4 aliphatic rings. The zero-order valence-corrected chi connectivity index (χ0v) is 19.3. The molecular weight excluding hydrogens is 456 g/mol. The highest BCUT2D eigenvalue weighted by Crippen LogP contribution is 2.40. The van der Waals surface area contributed by atoms with Crippen molar-refractivity contribution in [2.45, 2.75) is 25.3 Å². The van der Waals surface area contributed by atoms with E-state index in [4.69, 9.17) is 0 Å². The molecule has 3 aromatic rings. The number of pyridine rings is 1. The normalized spacial score (nSPS) is 20.8. The van der Waals surface area contributed by atoms with Crippen LogP contribution >= 0.6 is 0 Å². The molecule has 1 fully saturated rings. The molecule has 3 amide bonds. The van der Waals surface area contributed by atoms with Gasteiger partial charge in [0.1, 0.15) is 11.7 Å². The number of aliphatic imine (C=N–C) groups is 1. The van der Waals surface area contributed by atoms with Gasteiger partial charge in [-0.15, -0.1) is 0 Å². The van der Waals surface area contributed by atoms with Gasteiger partial charge < -0.3 is 9.80 Å². The lowest BCUT2D eigenvalue weighted by molar-refractivity contribution is -0.131. The first kappa shape index (κ1) is 20.8. The SMILES string of the molecule is O=C1NC(=O)C(c2cnc3ccccn23)=C1C1=NC=CN2c3c(cccc31)CC2C(=O)N1CCCC1. The number of benzene rings is 1. The Morgan fingerprint density at radius 3 is 2.69 bits per heavy atom. The summed E-state index contributed by atoms with van der Waals surface area (Å²) >= 11 is 0. The van der Waals surface area contributed by atoms with E-state index in [-0.39, 0.29) is 23.1 Å². The Morgan fingerprint density at radius 2 is 1.83 bits per heavy atom. The van der Waals surface area contributed by atoms with Crippen molar-refractivity contribution in [3.8, 4) is 0 Å². The maximum absolute atomic E-state index is 13.4. The minimum Gasteiger partial charge on any atom is -0.341 e. The number of likely N-dealkylation sites (tertiary alicyclic amines) is 1. The maximum atomic E-state index is 13.4. The molecule has 6 heterocycles. The fourth-order valence-electron chi connectivity index (χ4n) is 5.74. The van der Waals surface area contributed by atoms with Crippen molar-refractivity contribution in [3.05, 3.63) is 83.6 Å². The highest BCUT2D eigenvalue weighted by molar-refractivity contribution is 6.47. The van der Waals surface area contributed by atoms with E-state index in [2.05, 4.69) is 15.3 Å². The Kier molecular flexibility index (Phi) is 4.47. The average Bonchev–Trinajstić information content (AvgIpc) is 3.65. The van der Waals surface area contributed by atoms with Crippen LogP contribution in [-0.2, 0) is 20.8 Å². The van der Waals surface area contributed by atoms with Crippen molar-refractivity contribution >= 4 is 40.3 Å². The Bertz CT molecular complexity index is 1570. The standard InChI is InChI=1S/C27H22N6O3/c34-25-21(19-15-29-20-8-1-2-12-32(19)20)22(26(35)30-25)23-17-7-5-6-16-14-18(27(36)31-10-3-4-11-31)33(24(16)17)13-9-28-23/h1-2,5-9,12-13,15,18H,3-4,10-11,14H2,(H,30,34,35). The molecule has 9 nitrogen and oxygen atoms in total. The van der Waals surface area contributed by atoms with Crippen molar-refractivity contribution < 1.29 is 14.4 Å². The van der Waals surface area contributed by atoms with Crippen LogP contribution in [0.15, 0.2) is 71.8 Å². The van der Waals surface area contributed by atoms with Crippen molar-refractivity contribution in [1.82, 2.24) is 19.6 Å². The van der Waals surface area contributed by atoms with E-state index in [1.165, 1.54) is 0 Å². The molecule has 0 saturated carbocycles. The number of nitrogens with zero attached hydrogens (tertiary/aromatic N) is 5. The van der Waals surface area contributed by atoms with Gasteiger partial charge in [-0.1, -0.05) is 24.3 Å². The third-order valence-corrected chi connectivity index (χ3v) is 7.36. The van der Waals surface area contributed by atoms with E-state index in [1.54, 1.807) is 16.8 Å². The number of amides is 3. The summed E-state index contributed by atoms with van der Waals surface area (Å²) in [5.41, 5.74) is 4.64. The molecule has 0 spiro atoms. The molecule has 1 atom stereocenters. The number of para-hydroxylation sites is 1. The molecule has 1 N–H and O–H groups in total. The molecule has 1 unspecified atom stereocenters. The molecule has 7 rings (SSSR count). The number of anilines is 1. The number of nitrogens with one attached hydrogen (secondary N) is 1. The highest BCUT2D eigenvalue weighted by Gasteiger charge is 2.42. The first-order valence-electron chi connectivity index (χ1n) is 12.1. The average molecular weight is 479 g/mol. The number of aromatic nitrogens is 2. The summed E-state index contributed by atoms with van der Waals surface area (Å²) in [7, 11) is 0. The Balaban J connectivity index is 1.38. The van der Waals surface area contributed by atoms with E-state index in [0.717, 1.165) is 42.7 Å². The van der Waals surface area contributed by atoms with Crippen LogP contribution < -0.4 is 10.2 Å². The third kappa shape index (κ3) is 2.92. The quantitative estimate of drug-likeness (QED) is 0.581. The third-order valence-electron chi connectivity index (χ3n) is 7.36. The molecule has 0 radical (unpaired) electrons. The van der Waals surface area contributed by atoms with Crippen LogP contribution in [0.25, 0.3) is 11.2 Å². The van der Waals surface area contributed by atoms with Gasteiger partial charge in [0.15, 0.2) is 0 Å². The van der Waals surface area contributed by atoms with E-state index in [1.807, 2.05) is 58.6 Å². The lowest BCUT2D eigenvalue weighted by Gasteiger charge is -2.27. The maximum Gasteiger partial charge on any atom is 0.261 e. The number of rotatable bonds is 3. The lowest BCUT2D eigenvalue weighted by atomic mass is 9.94. The minimum absolute atomic E-state index is 0.113. The summed E-state index contributed by atoms with van der Waals surface area (Å²) in [5.74, 6) is -0.868. The minimum atomic E-state index is -0.498. The van der Waals surface area contributed by atoms with Crippen LogP contribution in [0.5, 0.6) is 0 Å². The first-order chi connectivity index (χ1) is 17.6. The van der Waals surface area contributed by atoms with Gasteiger partial charge >= 0.3 is 0 Å². The zero-order chi connectivity index (χ0) is 24.4. The van der Waals surface area contributed by atoms with Gasteiger partial charge in [0.2, 0.25) is 5.91 Å². The summed E-state index contributed by atoms with van der Waals surface area (Å²) in [6.45, 7) is 1.57. The fourth-order valence-corrected chi connectivity index (χ4v) is 5.74. The summed E-state index contributed by atoms with van der Waals surface area (Å²) < 4.78 is 1.78. The Morgan fingerprint density at radius 1 is 1.00 bits per heavy atom. The first-order valence-corrected chi connectivity index (χ1v) is 12.1. The molecule has 1 saturated heterocycles. The molecule has 2 aromatic heterocycles. The molecule has 0 aliphatic carbocycles. The van der Waals surface area contributed by atoms with Crippen LogP contribution in [0, 0.1) is 0 Å². The lowest BCUT2D eigenvalue weighted by Crippen LogP contribution is -2.44. The highest BCUT2D eigenvalue weighted by atomic mass is 16.2. The molecule has 4 aliphatic heterocycles. The second kappa shape index (κ2) is 7.74. The summed E-state index contributed by atoms with van der Waals surface area (Å²) in [5, 5.41) is 2.45. The molecule has 0 bridgehead atoms. The largest absolute Gasteiger partial charge is 0.341 e. The van der Waals surface area contributed by atoms with Gasteiger partial charge in [0.05, 0.1) is 34.4 Å². The number of imide groups is 1. The fraction of sp³-hybridized carbons (Fsp3) is 0.222. The Hall–Kier alpha value is -4.53. The molecule has 36 heavy (non-hydrogen) atoms. The van der Waals surface area contributed by atoms with Gasteiger partial charge in [-0.2, -0.15) is 0 Å². The summed E-state index contributed by atoms with van der Waals surface area (Å²) in [4.78, 5) is 52.6. The van der Waals surface area contributed by atoms with Crippen LogP contribution in [0.1, 0.15) is 29.7 Å². The van der Waals surface area contributed by atoms with E-state index in [0.29, 0.717) is 23.5 Å². The summed E-state index contributed by atoms with van der Waals surface area (Å²) in [6.07, 6.45) is 9.48. The van der Waals surface area contributed by atoms with Gasteiger partial charge in [0.25, 0.3) is 11.8 Å². The molecule has 1 aromatic carbocycles. The van der Waals surface area contributed by atoms with E-state index < -0.39 is 11.8 Å². The van der Waals surface area contributed by atoms with Crippen molar-refractivity contribution in [2.75, 3.05) is 18.0 Å². The van der Waals surface area contributed by atoms with Gasteiger partial charge in [-0.3, -0.25) is 29.1 Å². The molecule has 9 heteroatoms. The smallest absolute Gasteiger partial charge is 0.261 e. The van der Waals surface area contributed by atoms with Crippen LogP contribution in [0.2, 0.25) is 0 Å². The van der Waals surface area contributed by atoms with E-state index >= 15 is 0 Å². The van der Waals surface area contributed by atoms with Crippen LogP contribution in [-0.4, -0.2) is 56.8 Å². The molecule has 178 valence electrons. The van der Waals surface area contributed by atoms with Crippen molar-refractivity contribution in [2.24, 2.45) is 4.99 Å². The second-order valence-electron chi connectivity index (χ2n) is 9.35. The zero-order valence-electron chi connectivity index (χ0n) is 19.3. The number of fused-ring (bicyclic) bond motifs is 1. The number of carbonyl (C=O) groups is 3. The van der Waals surface area contributed by atoms with E-state index in [9.17, 15) is 14.4 Å². The predicted octanol–water partition coefficient (Wildman–Crippen LogP) is 2.07. The molecular formula is C27H22N6O3. The summed E-state index contributed by atoms with van der Waals surface area (Å²) in [6, 6.07) is 11.0. The van der Waals surface area contributed by atoms with Gasteiger partial charge in [-0.05, 0) is 30.5 Å². The number of carbonyl (C=O) groups excluding carboxylic acids is 3. The van der Waals surface area contributed by atoms with Crippen molar-refractivity contribution in [1.29, 1.82) is 0 Å². The number of imidazole rings is 1. The number of hydrogen-bond acceptors (Lipinski definition) is 6. The number of hydrogen-bond donors (Lipinski definition) is 1. The van der Waals surface area contributed by atoms with Crippen LogP contribution in [0.4, 0.5) is 5.69 Å². The van der Waals surface area contributed by atoms with Gasteiger partial charge in [0, 0.05) is 43.7 Å². The van der Waals surface area contributed by atoms with Crippen molar-refractivity contribution in [3.63, 3.8) is 0 Å². The predicted molar refractivity (Wildman–Crippen MR) is 133 cm³/mol. The Labute approximate surface area is 206 Å². The topological polar surface area (TPSA) is 99.4 Å². The van der Waals surface area contributed by atoms with Gasteiger partial charge in [-0.25, -0.2) is 4.98 Å².